The lowest BCUT2D eigenvalue weighted by atomic mass is 9.84. The van der Waals surface area contributed by atoms with Crippen molar-refractivity contribution in [2.45, 2.75) is 42.4 Å². The summed E-state index contributed by atoms with van der Waals surface area (Å²) in [5.74, 6) is -3.78. The normalized spacial score (nSPS) is 22.2. The molecule has 2 amide bonds. The van der Waals surface area contributed by atoms with Crippen molar-refractivity contribution in [2.75, 3.05) is 0 Å². The molecular formula is C13H16F2N2O2S2. The van der Waals surface area contributed by atoms with Crippen molar-refractivity contribution < 1.29 is 18.4 Å². The second-order valence-corrected chi connectivity index (χ2v) is 6.81. The van der Waals surface area contributed by atoms with Crippen molar-refractivity contribution in [2.24, 2.45) is 11.7 Å². The molecule has 3 N–H and O–H groups in total. The van der Waals surface area contributed by atoms with Crippen LogP contribution in [0.3, 0.4) is 0 Å². The molecule has 2 atom stereocenters. The third-order valence-electron chi connectivity index (χ3n) is 3.50. The van der Waals surface area contributed by atoms with E-state index >= 15 is 0 Å². The Hall–Kier alpha value is -1.15. The minimum absolute atomic E-state index is 0.258. The van der Waals surface area contributed by atoms with Gasteiger partial charge >= 0.3 is 0 Å². The molecular weight excluding hydrogens is 318 g/mol. The van der Waals surface area contributed by atoms with Gasteiger partial charge in [0.1, 0.15) is 4.88 Å². The lowest BCUT2D eigenvalue weighted by molar-refractivity contribution is -0.123. The number of halogens is 2. The molecule has 1 aromatic rings. The van der Waals surface area contributed by atoms with Crippen molar-refractivity contribution in [3.63, 3.8) is 0 Å². The number of carbonyl (C=O) groups excluding carboxylic acids is 2. The number of rotatable bonds is 5. The number of nitrogens with two attached hydrogens (primary N) is 1. The van der Waals surface area contributed by atoms with E-state index in [1.54, 1.807) is 5.38 Å². The molecule has 0 spiro atoms. The van der Waals surface area contributed by atoms with Gasteiger partial charge in [0.25, 0.3) is 11.7 Å². The van der Waals surface area contributed by atoms with Gasteiger partial charge in [-0.15, -0.1) is 11.3 Å². The number of primary amides is 1. The van der Waals surface area contributed by atoms with Gasteiger partial charge in [-0.05, 0) is 24.3 Å². The number of amides is 2. The molecule has 2 rings (SSSR count). The Balaban J connectivity index is 2.06. The number of thioether (sulfide) groups is 1. The van der Waals surface area contributed by atoms with Crippen molar-refractivity contribution in [1.29, 1.82) is 0 Å². The zero-order valence-electron chi connectivity index (χ0n) is 11.2. The molecule has 1 aliphatic rings. The van der Waals surface area contributed by atoms with E-state index in [-0.39, 0.29) is 21.7 Å². The highest BCUT2D eigenvalue weighted by molar-refractivity contribution is 7.99. The van der Waals surface area contributed by atoms with E-state index in [9.17, 15) is 18.4 Å². The largest absolute Gasteiger partial charge is 0.369 e. The summed E-state index contributed by atoms with van der Waals surface area (Å²) in [6.07, 6.45) is 3.16. The molecule has 1 saturated carbocycles. The minimum atomic E-state index is -2.57. The van der Waals surface area contributed by atoms with Crippen LogP contribution in [0.15, 0.2) is 16.3 Å². The average Bonchev–Trinajstić information content (AvgIpc) is 2.86. The maximum absolute atomic E-state index is 12.4. The van der Waals surface area contributed by atoms with Crippen LogP contribution in [0.2, 0.25) is 0 Å². The fraction of sp³-hybridized carbons (Fsp3) is 0.538. The van der Waals surface area contributed by atoms with E-state index in [1.165, 1.54) is 6.07 Å². The molecule has 116 valence electrons. The standard InChI is InChI=1S/C13H16F2N2O2S2/c14-13(15)21-9-5-6-20-10(9)12(19)17-8-4-2-1-3-7(8)11(16)18/h5-8,13H,1-4H2,(H2,16,18)(H,17,19)/t7-,8-/m0/s1. The summed E-state index contributed by atoms with van der Waals surface area (Å²) in [7, 11) is 0. The summed E-state index contributed by atoms with van der Waals surface area (Å²) in [4.78, 5) is 24.2. The molecule has 21 heavy (non-hydrogen) atoms. The monoisotopic (exact) mass is 334 g/mol. The van der Waals surface area contributed by atoms with E-state index in [0.29, 0.717) is 24.6 Å². The number of hydrogen-bond donors (Lipinski definition) is 2. The second kappa shape index (κ2) is 7.22. The first-order valence-corrected chi connectivity index (χ1v) is 8.37. The smallest absolute Gasteiger partial charge is 0.288 e. The second-order valence-electron chi connectivity index (χ2n) is 4.87. The van der Waals surface area contributed by atoms with Crippen LogP contribution in [-0.4, -0.2) is 23.6 Å². The molecule has 0 aromatic carbocycles. The van der Waals surface area contributed by atoms with Crippen LogP contribution < -0.4 is 11.1 Å². The van der Waals surface area contributed by atoms with Crippen molar-refractivity contribution in [3.8, 4) is 0 Å². The Kier molecular flexibility index (Phi) is 5.58. The van der Waals surface area contributed by atoms with Gasteiger partial charge in [-0.3, -0.25) is 9.59 Å². The van der Waals surface area contributed by atoms with Crippen molar-refractivity contribution in [3.05, 3.63) is 16.3 Å². The van der Waals surface area contributed by atoms with Gasteiger partial charge in [0.05, 0.1) is 5.92 Å². The van der Waals surface area contributed by atoms with Crippen LogP contribution in [0.5, 0.6) is 0 Å². The van der Waals surface area contributed by atoms with Gasteiger partial charge in [-0.25, -0.2) is 0 Å². The molecule has 8 heteroatoms. The van der Waals surface area contributed by atoms with Crippen LogP contribution >= 0.6 is 23.1 Å². The predicted molar refractivity (Wildman–Crippen MR) is 78.6 cm³/mol. The fourth-order valence-corrected chi connectivity index (χ4v) is 4.13. The topological polar surface area (TPSA) is 72.2 Å². The van der Waals surface area contributed by atoms with Crippen LogP contribution in [0, 0.1) is 5.92 Å². The number of hydrogen-bond acceptors (Lipinski definition) is 4. The van der Waals surface area contributed by atoms with Crippen LogP contribution in [-0.2, 0) is 4.79 Å². The summed E-state index contributed by atoms with van der Waals surface area (Å²) in [5, 5.41) is 4.38. The summed E-state index contributed by atoms with van der Waals surface area (Å²) in [6.45, 7) is 0. The maximum Gasteiger partial charge on any atom is 0.288 e. The van der Waals surface area contributed by atoms with E-state index in [1.807, 2.05) is 0 Å². The first kappa shape index (κ1) is 16.2. The van der Waals surface area contributed by atoms with E-state index < -0.39 is 17.6 Å². The molecule has 1 aromatic heterocycles. The van der Waals surface area contributed by atoms with Crippen molar-refractivity contribution in [1.82, 2.24) is 5.32 Å². The highest BCUT2D eigenvalue weighted by atomic mass is 32.2. The van der Waals surface area contributed by atoms with Gasteiger partial charge in [0, 0.05) is 10.9 Å². The van der Waals surface area contributed by atoms with Gasteiger partial charge in [0.2, 0.25) is 5.91 Å². The zero-order valence-corrected chi connectivity index (χ0v) is 12.8. The minimum Gasteiger partial charge on any atom is -0.369 e. The Morgan fingerprint density at radius 3 is 2.76 bits per heavy atom. The van der Waals surface area contributed by atoms with Gasteiger partial charge in [-0.1, -0.05) is 24.6 Å². The SMILES string of the molecule is NC(=O)[C@H]1CCCC[C@@H]1NC(=O)c1sccc1SC(F)F. The Morgan fingerprint density at radius 1 is 1.38 bits per heavy atom. The van der Waals surface area contributed by atoms with E-state index in [0.717, 1.165) is 24.2 Å². The van der Waals surface area contributed by atoms with E-state index in [4.69, 9.17) is 5.73 Å². The Bertz CT molecular complexity index is 522. The lowest BCUT2D eigenvalue weighted by Crippen LogP contribution is -2.47. The van der Waals surface area contributed by atoms with Crippen LogP contribution in [0.1, 0.15) is 35.4 Å². The average molecular weight is 334 g/mol. The van der Waals surface area contributed by atoms with Crippen LogP contribution in [0.25, 0.3) is 0 Å². The highest BCUT2D eigenvalue weighted by Crippen LogP contribution is 2.32. The fourth-order valence-electron chi connectivity index (χ4n) is 2.53. The summed E-state index contributed by atoms with van der Waals surface area (Å²) in [5.41, 5.74) is 5.36. The summed E-state index contributed by atoms with van der Waals surface area (Å²) >= 11 is 1.47. The van der Waals surface area contributed by atoms with Crippen LogP contribution in [0.4, 0.5) is 8.78 Å². The third kappa shape index (κ3) is 4.16. The third-order valence-corrected chi connectivity index (χ3v) is 5.31. The summed E-state index contributed by atoms with van der Waals surface area (Å²) < 4.78 is 24.9. The zero-order chi connectivity index (χ0) is 15.4. The highest BCUT2D eigenvalue weighted by Gasteiger charge is 2.31. The molecule has 0 aliphatic heterocycles. The number of nitrogens with one attached hydrogen (secondary N) is 1. The molecule has 0 radical (unpaired) electrons. The molecule has 4 nitrogen and oxygen atoms in total. The maximum atomic E-state index is 12.4. The van der Waals surface area contributed by atoms with Gasteiger partial charge in [0.15, 0.2) is 0 Å². The molecule has 0 bridgehead atoms. The quantitative estimate of drug-likeness (QED) is 0.813. The van der Waals surface area contributed by atoms with E-state index in [2.05, 4.69) is 5.32 Å². The first-order chi connectivity index (χ1) is 9.99. The predicted octanol–water partition coefficient (Wildman–Crippen LogP) is 2.84. The Morgan fingerprint density at radius 2 is 2.10 bits per heavy atom. The number of alkyl halides is 2. The first-order valence-electron chi connectivity index (χ1n) is 6.61. The number of carbonyl (C=O) groups is 2. The molecule has 0 unspecified atom stereocenters. The molecule has 1 fully saturated rings. The van der Waals surface area contributed by atoms with Crippen molar-refractivity contribution >= 4 is 34.9 Å². The molecule has 1 aliphatic carbocycles. The molecule has 0 saturated heterocycles. The number of thiophene rings is 1. The summed E-state index contributed by atoms with van der Waals surface area (Å²) in [6, 6.07) is 1.19. The lowest BCUT2D eigenvalue weighted by Gasteiger charge is -2.29. The Labute approximate surface area is 129 Å². The van der Waals surface area contributed by atoms with Gasteiger partial charge in [-0.2, -0.15) is 8.78 Å². The molecule has 1 heterocycles. The van der Waals surface area contributed by atoms with Gasteiger partial charge < -0.3 is 11.1 Å².